The number of nitrogens with zero attached hydrogens (tertiary/aromatic N) is 2. The van der Waals surface area contributed by atoms with E-state index in [0.29, 0.717) is 6.42 Å². The third-order valence-corrected chi connectivity index (χ3v) is 2.55. The van der Waals surface area contributed by atoms with Gasteiger partial charge in [-0.05, 0) is 12.3 Å². The van der Waals surface area contributed by atoms with Crippen LogP contribution in [-0.2, 0) is 5.60 Å². The molecular formula is C10H16N2O. The molecule has 0 aliphatic heterocycles. The number of hydrogen-bond donors (Lipinski definition) is 1. The molecule has 0 saturated carbocycles. The fourth-order valence-corrected chi connectivity index (χ4v) is 1.47. The third-order valence-electron chi connectivity index (χ3n) is 2.55. The van der Waals surface area contributed by atoms with Crippen molar-refractivity contribution in [2.45, 2.75) is 32.8 Å². The van der Waals surface area contributed by atoms with Crippen LogP contribution < -0.4 is 0 Å². The molecule has 0 spiro atoms. The highest BCUT2D eigenvalue weighted by Crippen LogP contribution is 2.31. The molecule has 0 radical (unpaired) electrons. The maximum atomic E-state index is 10.3. The van der Waals surface area contributed by atoms with Crippen molar-refractivity contribution < 1.29 is 5.11 Å². The lowest BCUT2D eigenvalue weighted by molar-refractivity contribution is -0.0146. The summed E-state index contributed by atoms with van der Waals surface area (Å²) in [6.45, 7) is 5.96. The van der Waals surface area contributed by atoms with Gasteiger partial charge in [0.15, 0.2) is 0 Å². The van der Waals surface area contributed by atoms with Crippen molar-refractivity contribution in [2.24, 2.45) is 5.92 Å². The second-order valence-electron chi connectivity index (χ2n) is 3.56. The van der Waals surface area contributed by atoms with E-state index in [-0.39, 0.29) is 5.92 Å². The van der Waals surface area contributed by atoms with Gasteiger partial charge in [-0.25, -0.2) is 9.97 Å². The van der Waals surface area contributed by atoms with E-state index in [9.17, 15) is 5.11 Å². The second-order valence-corrected chi connectivity index (χ2v) is 3.56. The molecule has 1 heterocycles. The fourth-order valence-electron chi connectivity index (χ4n) is 1.47. The molecule has 0 saturated heterocycles. The summed E-state index contributed by atoms with van der Waals surface area (Å²) in [5.41, 5.74) is 0.00819. The molecule has 0 bridgehead atoms. The van der Waals surface area contributed by atoms with Crippen LogP contribution in [0.15, 0.2) is 18.7 Å². The smallest absolute Gasteiger partial charge is 0.115 e. The van der Waals surface area contributed by atoms with E-state index in [1.54, 1.807) is 12.4 Å². The molecule has 1 atom stereocenters. The van der Waals surface area contributed by atoms with Crippen molar-refractivity contribution in [3.8, 4) is 0 Å². The Morgan fingerprint density at radius 3 is 2.31 bits per heavy atom. The second kappa shape index (κ2) is 3.83. The van der Waals surface area contributed by atoms with Gasteiger partial charge in [-0.1, -0.05) is 20.8 Å². The van der Waals surface area contributed by atoms with Gasteiger partial charge in [-0.2, -0.15) is 0 Å². The Bertz CT molecular complexity index is 261. The van der Waals surface area contributed by atoms with Crippen LogP contribution >= 0.6 is 0 Å². The molecule has 0 aliphatic carbocycles. The fraction of sp³-hybridized carbons (Fsp3) is 0.600. The highest BCUT2D eigenvalue weighted by Gasteiger charge is 2.31. The topological polar surface area (TPSA) is 46.0 Å². The van der Waals surface area contributed by atoms with E-state index in [0.717, 1.165) is 5.56 Å². The summed E-state index contributed by atoms with van der Waals surface area (Å²) >= 11 is 0. The number of aliphatic hydroxyl groups is 1. The number of aromatic nitrogens is 2. The van der Waals surface area contributed by atoms with Crippen molar-refractivity contribution in [3.05, 3.63) is 24.3 Å². The first-order valence-corrected chi connectivity index (χ1v) is 4.59. The van der Waals surface area contributed by atoms with Gasteiger partial charge >= 0.3 is 0 Å². The van der Waals surface area contributed by atoms with Crippen LogP contribution in [0.1, 0.15) is 32.8 Å². The highest BCUT2D eigenvalue weighted by molar-refractivity contribution is 5.14. The van der Waals surface area contributed by atoms with E-state index in [4.69, 9.17) is 0 Å². The molecule has 1 aromatic heterocycles. The summed E-state index contributed by atoms with van der Waals surface area (Å²) in [5, 5.41) is 10.3. The zero-order valence-electron chi connectivity index (χ0n) is 8.36. The normalized spacial score (nSPS) is 15.8. The van der Waals surface area contributed by atoms with E-state index in [1.807, 2.05) is 20.8 Å². The van der Waals surface area contributed by atoms with Crippen LogP contribution in [0.25, 0.3) is 0 Å². The summed E-state index contributed by atoms with van der Waals surface area (Å²) < 4.78 is 0. The van der Waals surface area contributed by atoms with Crippen molar-refractivity contribution >= 4 is 0 Å². The lowest BCUT2D eigenvalue weighted by Crippen LogP contribution is -2.31. The van der Waals surface area contributed by atoms with Crippen molar-refractivity contribution in [1.29, 1.82) is 0 Å². The van der Waals surface area contributed by atoms with Gasteiger partial charge in [0.05, 0.1) is 5.60 Å². The molecule has 13 heavy (non-hydrogen) atoms. The molecule has 0 fully saturated rings. The van der Waals surface area contributed by atoms with Crippen LogP contribution in [0.5, 0.6) is 0 Å². The quantitative estimate of drug-likeness (QED) is 0.770. The lowest BCUT2D eigenvalue weighted by Gasteiger charge is -2.30. The standard InChI is InChI=1S/C10H16N2O/c1-4-10(13,8(2)3)9-5-11-7-12-6-9/h5-8,13H,4H2,1-3H3. The average molecular weight is 180 g/mol. The van der Waals surface area contributed by atoms with Crippen LogP contribution in [0, 0.1) is 5.92 Å². The largest absolute Gasteiger partial charge is 0.385 e. The maximum absolute atomic E-state index is 10.3. The molecule has 3 nitrogen and oxygen atoms in total. The van der Waals surface area contributed by atoms with Gasteiger partial charge in [-0.15, -0.1) is 0 Å². The lowest BCUT2D eigenvalue weighted by atomic mass is 9.83. The Labute approximate surface area is 78.9 Å². The molecule has 1 N–H and O–H groups in total. The van der Waals surface area contributed by atoms with Crippen molar-refractivity contribution in [2.75, 3.05) is 0 Å². The summed E-state index contributed by atoms with van der Waals surface area (Å²) in [4.78, 5) is 7.82. The van der Waals surface area contributed by atoms with Crippen LogP contribution in [-0.4, -0.2) is 15.1 Å². The van der Waals surface area contributed by atoms with Gasteiger partial charge < -0.3 is 5.11 Å². The third kappa shape index (κ3) is 1.86. The minimum Gasteiger partial charge on any atom is -0.385 e. The van der Waals surface area contributed by atoms with Crippen LogP contribution in [0.2, 0.25) is 0 Å². The zero-order valence-corrected chi connectivity index (χ0v) is 8.36. The summed E-state index contributed by atoms with van der Waals surface area (Å²) in [7, 11) is 0. The van der Waals surface area contributed by atoms with Gasteiger partial charge in [0.25, 0.3) is 0 Å². The molecule has 3 heteroatoms. The predicted molar refractivity (Wildman–Crippen MR) is 51.1 cm³/mol. The molecule has 0 aromatic carbocycles. The molecule has 1 aromatic rings. The van der Waals surface area contributed by atoms with Gasteiger partial charge in [0, 0.05) is 18.0 Å². The first-order chi connectivity index (χ1) is 6.11. The SMILES string of the molecule is CCC(O)(c1cncnc1)C(C)C. The Kier molecular flexibility index (Phi) is 2.98. The van der Waals surface area contributed by atoms with Gasteiger partial charge in [-0.3, -0.25) is 0 Å². The van der Waals surface area contributed by atoms with Gasteiger partial charge in [0.2, 0.25) is 0 Å². The molecule has 72 valence electrons. The van der Waals surface area contributed by atoms with Crippen molar-refractivity contribution in [1.82, 2.24) is 9.97 Å². The van der Waals surface area contributed by atoms with E-state index in [1.165, 1.54) is 6.33 Å². The maximum Gasteiger partial charge on any atom is 0.115 e. The monoisotopic (exact) mass is 180 g/mol. The molecule has 0 aliphatic rings. The minimum atomic E-state index is -0.790. The first kappa shape index (κ1) is 10.1. The summed E-state index contributed by atoms with van der Waals surface area (Å²) in [6, 6.07) is 0. The van der Waals surface area contributed by atoms with E-state index < -0.39 is 5.60 Å². The summed E-state index contributed by atoms with van der Waals surface area (Å²) in [5.74, 6) is 0.170. The molecule has 1 rings (SSSR count). The van der Waals surface area contributed by atoms with Crippen LogP contribution in [0.4, 0.5) is 0 Å². The molecular weight excluding hydrogens is 164 g/mol. The van der Waals surface area contributed by atoms with Crippen LogP contribution in [0.3, 0.4) is 0 Å². The number of rotatable bonds is 3. The van der Waals surface area contributed by atoms with E-state index >= 15 is 0 Å². The minimum absolute atomic E-state index is 0.170. The predicted octanol–water partition coefficient (Wildman–Crippen LogP) is 1.73. The number of hydrogen-bond acceptors (Lipinski definition) is 3. The highest BCUT2D eigenvalue weighted by atomic mass is 16.3. The Morgan fingerprint density at radius 2 is 1.92 bits per heavy atom. The first-order valence-electron chi connectivity index (χ1n) is 4.59. The Morgan fingerprint density at radius 1 is 1.38 bits per heavy atom. The van der Waals surface area contributed by atoms with Crippen molar-refractivity contribution in [3.63, 3.8) is 0 Å². The average Bonchev–Trinajstić information content (AvgIpc) is 2.17. The Hall–Kier alpha value is -0.960. The summed E-state index contributed by atoms with van der Waals surface area (Å²) in [6.07, 6.45) is 5.50. The molecule has 0 amide bonds. The van der Waals surface area contributed by atoms with Gasteiger partial charge in [0.1, 0.15) is 6.33 Å². The Balaban J connectivity index is 3.03. The zero-order chi connectivity index (χ0) is 9.90. The van der Waals surface area contributed by atoms with E-state index in [2.05, 4.69) is 9.97 Å². The molecule has 1 unspecified atom stereocenters.